The maximum atomic E-state index is 11.9. The number of aromatic nitrogens is 3. The predicted octanol–water partition coefficient (Wildman–Crippen LogP) is 1.13. The minimum Gasteiger partial charge on any atom is -0.347 e. The van der Waals surface area contributed by atoms with Gasteiger partial charge >= 0.3 is 0 Å². The van der Waals surface area contributed by atoms with Gasteiger partial charge < -0.3 is 9.55 Å². The van der Waals surface area contributed by atoms with E-state index in [1.807, 2.05) is 6.07 Å². The van der Waals surface area contributed by atoms with Gasteiger partial charge in [0.2, 0.25) is 0 Å². The van der Waals surface area contributed by atoms with Crippen molar-refractivity contribution in [1.82, 2.24) is 14.5 Å². The summed E-state index contributed by atoms with van der Waals surface area (Å²) in [7, 11) is 0. The second-order valence-corrected chi connectivity index (χ2v) is 4.24. The van der Waals surface area contributed by atoms with Crippen LogP contribution in [0.4, 0.5) is 0 Å². The van der Waals surface area contributed by atoms with Crippen LogP contribution < -0.4 is 11.0 Å². The van der Waals surface area contributed by atoms with Gasteiger partial charge in [0, 0.05) is 24.5 Å². The third kappa shape index (κ3) is 2.30. The molecule has 0 aliphatic heterocycles. The molecule has 0 radical (unpaired) electrons. The van der Waals surface area contributed by atoms with Crippen LogP contribution >= 0.6 is 0 Å². The van der Waals surface area contributed by atoms with E-state index in [0.717, 1.165) is 0 Å². The van der Waals surface area contributed by atoms with Crippen molar-refractivity contribution >= 4 is 10.9 Å². The third-order valence-corrected chi connectivity index (χ3v) is 2.85. The molecule has 0 saturated heterocycles. The predicted molar refractivity (Wildman–Crippen MR) is 72.2 cm³/mol. The smallest absolute Gasteiger partial charge is 0.258 e. The fourth-order valence-corrected chi connectivity index (χ4v) is 1.93. The first kappa shape index (κ1) is 11.4. The summed E-state index contributed by atoms with van der Waals surface area (Å²) in [4.78, 5) is 30.1. The van der Waals surface area contributed by atoms with Crippen LogP contribution in [0.2, 0.25) is 0 Å². The van der Waals surface area contributed by atoms with Gasteiger partial charge in [-0.2, -0.15) is 0 Å². The molecule has 0 aliphatic rings. The summed E-state index contributed by atoms with van der Waals surface area (Å²) in [6.45, 7) is 0.417. The number of hydrogen-bond acceptors (Lipinski definition) is 3. The zero-order valence-corrected chi connectivity index (χ0v) is 10.0. The molecule has 5 heteroatoms. The fraction of sp³-hybridized carbons (Fsp3) is 0.0714. The van der Waals surface area contributed by atoms with E-state index in [1.165, 1.54) is 12.1 Å². The fourth-order valence-electron chi connectivity index (χ4n) is 1.93. The molecular formula is C14H11N3O2. The molecule has 5 nitrogen and oxygen atoms in total. The van der Waals surface area contributed by atoms with Crippen molar-refractivity contribution in [1.29, 1.82) is 0 Å². The molecule has 3 rings (SSSR count). The number of hydrogen-bond donors (Lipinski definition) is 1. The first-order chi connectivity index (χ1) is 9.22. The van der Waals surface area contributed by atoms with E-state index >= 15 is 0 Å². The molecular weight excluding hydrogens is 242 g/mol. The van der Waals surface area contributed by atoms with Gasteiger partial charge in [-0.15, -0.1) is 0 Å². The van der Waals surface area contributed by atoms with Crippen LogP contribution in [-0.2, 0) is 6.54 Å². The summed E-state index contributed by atoms with van der Waals surface area (Å²) in [6.07, 6.45) is 3.33. The van der Waals surface area contributed by atoms with Gasteiger partial charge in [-0.05, 0) is 12.1 Å². The standard InChI is InChI=1S/C14H11N3O2/c18-10-5-7-17(8-6-10)9-13-15-12-4-2-1-3-11(12)14(19)16-13/h1-8H,9H2,(H,15,16,19). The summed E-state index contributed by atoms with van der Waals surface area (Å²) >= 11 is 0. The molecule has 2 heterocycles. The molecule has 0 amide bonds. The molecule has 0 unspecified atom stereocenters. The number of rotatable bonds is 2. The van der Waals surface area contributed by atoms with Gasteiger partial charge in [0.15, 0.2) is 5.43 Å². The van der Waals surface area contributed by atoms with Crippen LogP contribution in [0, 0.1) is 0 Å². The first-order valence-corrected chi connectivity index (χ1v) is 5.86. The maximum absolute atomic E-state index is 11.9. The average molecular weight is 253 g/mol. The number of pyridine rings is 1. The minimum atomic E-state index is -0.151. The Kier molecular flexibility index (Phi) is 2.72. The number of fused-ring (bicyclic) bond motifs is 1. The van der Waals surface area contributed by atoms with E-state index in [2.05, 4.69) is 9.97 Å². The second kappa shape index (κ2) is 4.53. The highest BCUT2D eigenvalue weighted by molar-refractivity contribution is 5.77. The number of H-pyrrole nitrogens is 1. The van der Waals surface area contributed by atoms with Crippen LogP contribution in [-0.4, -0.2) is 14.5 Å². The van der Waals surface area contributed by atoms with Gasteiger partial charge in [-0.25, -0.2) is 4.98 Å². The summed E-state index contributed by atoms with van der Waals surface area (Å²) in [5.74, 6) is 0.562. The Balaban J connectivity index is 2.04. The van der Waals surface area contributed by atoms with Crippen molar-refractivity contribution in [3.8, 4) is 0 Å². The largest absolute Gasteiger partial charge is 0.347 e. The highest BCUT2D eigenvalue weighted by Crippen LogP contribution is 2.06. The quantitative estimate of drug-likeness (QED) is 0.744. The van der Waals surface area contributed by atoms with Crippen LogP contribution in [0.15, 0.2) is 58.4 Å². The second-order valence-electron chi connectivity index (χ2n) is 4.24. The average Bonchev–Trinajstić information content (AvgIpc) is 2.42. The van der Waals surface area contributed by atoms with Crippen molar-refractivity contribution in [2.75, 3.05) is 0 Å². The van der Waals surface area contributed by atoms with Crippen molar-refractivity contribution in [3.05, 3.63) is 75.2 Å². The molecule has 3 aromatic rings. The first-order valence-electron chi connectivity index (χ1n) is 5.86. The summed E-state index contributed by atoms with van der Waals surface area (Å²) in [5.41, 5.74) is 0.472. The normalized spacial score (nSPS) is 10.7. The Morgan fingerprint density at radius 3 is 2.58 bits per heavy atom. The number of nitrogens with one attached hydrogen (secondary N) is 1. The highest BCUT2D eigenvalue weighted by atomic mass is 16.1. The number of aromatic amines is 1. The van der Waals surface area contributed by atoms with E-state index in [1.54, 1.807) is 35.2 Å². The van der Waals surface area contributed by atoms with E-state index in [4.69, 9.17) is 0 Å². The number of benzene rings is 1. The molecule has 0 aliphatic carbocycles. The van der Waals surface area contributed by atoms with E-state index in [9.17, 15) is 9.59 Å². The lowest BCUT2D eigenvalue weighted by Crippen LogP contribution is -2.15. The zero-order valence-electron chi connectivity index (χ0n) is 10.0. The molecule has 0 saturated carbocycles. The van der Waals surface area contributed by atoms with Crippen molar-refractivity contribution in [2.45, 2.75) is 6.54 Å². The monoisotopic (exact) mass is 253 g/mol. The Hall–Kier alpha value is -2.69. The SMILES string of the molecule is O=c1ccn(Cc2nc3ccccc3c(=O)[nH]2)cc1. The number of nitrogens with zero attached hydrogens (tertiary/aromatic N) is 2. The Bertz CT molecular complexity index is 828. The number of para-hydroxylation sites is 1. The summed E-state index contributed by atoms with van der Waals surface area (Å²) in [5, 5.41) is 0.575. The Morgan fingerprint density at radius 2 is 1.79 bits per heavy atom. The lowest BCUT2D eigenvalue weighted by molar-refractivity contribution is 0.738. The van der Waals surface area contributed by atoms with E-state index < -0.39 is 0 Å². The topological polar surface area (TPSA) is 67.8 Å². The lowest BCUT2D eigenvalue weighted by Gasteiger charge is -2.06. The lowest BCUT2D eigenvalue weighted by atomic mass is 10.2. The van der Waals surface area contributed by atoms with E-state index in [0.29, 0.717) is 23.3 Å². The maximum Gasteiger partial charge on any atom is 0.258 e. The minimum absolute atomic E-state index is 0.0452. The molecule has 0 atom stereocenters. The van der Waals surface area contributed by atoms with Crippen LogP contribution in [0.3, 0.4) is 0 Å². The van der Waals surface area contributed by atoms with Crippen LogP contribution in [0.5, 0.6) is 0 Å². The molecule has 0 fully saturated rings. The molecule has 1 N–H and O–H groups in total. The van der Waals surface area contributed by atoms with E-state index in [-0.39, 0.29) is 11.0 Å². The summed E-state index contributed by atoms with van der Waals surface area (Å²) < 4.78 is 1.79. The van der Waals surface area contributed by atoms with Gasteiger partial charge in [-0.3, -0.25) is 9.59 Å². The van der Waals surface area contributed by atoms with Crippen molar-refractivity contribution in [2.24, 2.45) is 0 Å². The summed E-state index contributed by atoms with van der Waals surface area (Å²) in [6, 6.07) is 10.1. The van der Waals surface area contributed by atoms with Crippen molar-refractivity contribution < 1.29 is 0 Å². The van der Waals surface area contributed by atoms with Gasteiger partial charge in [0.05, 0.1) is 17.4 Å². The van der Waals surface area contributed by atoms with Crippen molar-refractivity contribution in [3.63, 3.8) is 0 Å². The van der Waals surface area contributed by atoms with Crippen LogP contribution in [0.1, 0.15) is 5.82 Å². The Labute approximate surface area is 108 Å². The van der Waals surface area contributed by atoms with Gasteiger partial charge in [0.1, 0.15) is 5.82 Å². The Morgan fingerprint density at radius 1 is 1.05 bits per heavy atom. The molecule has 94 valence electrons. The zero-order chi connectivity index (χ0) is 13.2. The highest BCUT2D eigenvalue weighted by Gasteiger charge is 2.03. The molecule has 2 aromatic heterocycles. The molecule has 19 heavy (non-hydrogen) atoms. The van der Waals surface area contributed by atoms with Gasteiger partial charge in [0.25, 0.3) is 5.56 Å². The molecule has 0 bridgehead atoms. The molecule has 1 aromatic carbocycles. The van der Waals surface area contributed by atoms with Crippen LogP contribution in [0.25, 0.3) is 10.9 Å². The third-order valence-electron chi connectivity index (χ3n) is 2.85. The van der Waals surface area contributed by atoms with Gasteiger partial charge in [-0.1, -0.05) is 12.1 Å². The molecule has 0 spiro atoms.